The van der Waals surface area contributed by atoms with Gasteiger partial charge in [0, 0.05) is 13.1 Å². The van der Waals surface area contributed by atoms with E-state index in [2.05, 4.69) is 33.8 Å². The van der Waals surface area contributed by atoms with Crippen molar-refractivity contribution in [3.05, 3.63) is 33.5 Å². The van der Waals surface area contributed by atoms with Crippen molar-refractivity contribution in [3.63, 3.8) is 0 Å². The Morgan fingerprint density at radius 1 is 0.857 bits per heavy atom. The van der Waals surface area contributed by atoms with Crippen LogP contribution in [0.4, 0.5) is 11.8 Å². The zero-order valence-corrected chi connectivity index (χ0v) is 21.7. The van der Waals surface area contributed by atoms with E-state index in [4.69, 9.17) is 5.73 Å². The highest BCUT2D eigenvalue weighted by Crippen LogP contribution is 2.14. The van der Waals surface area contributed by atoms with Crippen LogP contribution in [0, 0.1) is 0 Å². The summed E-state index contributed by atoms with van der Waals surface area (Å²) in [5.41, 5.74) is 5.05. The van der Waals surface area contributed by atoms with Crippen molar-refractivity contribution in [2.45, 2.75) is 116 Å². The smallest absolute Gasteiger partial charge is 0.351 e. The molecule has 2 aromatic heterocycles. The predicted molar refractivity (Wildman–Crippen MR) is 147 cm³/mol. The van der Waals surface area contributed by atoms with Crippen LogP contribution >= 0.6 is 0 Å². The summed E-state index contributed by atoms with van der Waals surface area (Å²) in [6.45, 7) is 6.84. The molecular formula is C27H46N6O2. The highest BCUT2D eigenvalue weighted by atomic mass is 16.1. The number of nitrogen functional groups attached to an aromatic ring is 1. The largest absolute Gasteiger partial charge is 0.383 e. The second kappa shape index (κ2) is 16.9. The van der Waals surface area contributed by atoms with Gasteiger partial charge in [0.2, 0.25) is 5.95 Å². The van der Waals surface area contributed by atoms with Crippen LogP contribution in [0.3, 0.4) is 0 Å². The molecule has 0 atom stereocenters. The van der Waals surface area contributed by atoms with Crippen LogP contribution in [0.5, 0.6) is 0 Å². The highest BCUT2D eigenvalue weighted by molar-refractivity contribution is 5.85. The first-order chi connectivity index (χ1) is 17.1. The van der Waals surface area contributed by atoms with E-state index in [0.29, 0.717) is 12.5 Å². The normalized spacial score (nSPS) is 11.2. The molecule has 0 bridgehead atoms. The Morgan fingerprint density at radius 3 is 1.89 bits per heavy atom. The second-order valence-electron chi connectivity index (χ2n) is 9.52. The van der Waals surface area contributed by atoms with Crippen molar-refractivity contribution in [2.24, 2.45) is 0 Å². The van der Waals surface area contributed by atoms with E-state index < -0.39 is 11.2 Å². The highest BCUT2D eigenvalue weighted by Gasteiger charge is 2.14. The Hall–Kier alpha value is -2.64. The van der Waals surface area contributed by atoms with E-state index in [1.165, 1.54) is 94.5 Å². The van der Waals surface area contributed by atoms with Crippen molar-refractivity contribution in [1.82, 2.24) is 19.5 Å². The molecule has 196 valence electrons. The van der Waals surface area contributed by atoms with E-state index in [0.717, 1.165) is 12.8 Å². The number of rotatable bonds is 20. The third-order valence-electron chi connectivity index (χ3n) is 6.49. The van der Waals surface area contributed by atoms with Gasteiger partial charge in [-0.25, -0.2) is 4.79 Å². The predicted octanol–water partition coefficient (Wildman–Crippen LogP) is 5.92. The first kappa shape index (κ1) is 28.6. The maximum absolute atomic E-state index is 12.5. The summed E-state index contributed by atoms with van der Waals surface area (Å²) in [6.07, 6.45) is 22.8. The van der Waals surface area contributed by atoms with Crippen LogP contribution in [0.1, 0.15) is 110 Å². The van der Waals surface area contributed by atoms with Gasteiger partial charge in [-0.2, -0.15) is 9.97 Å². The minimum Gasteiger partial charge on any atom is -0.383 e. The molecule has 0 amide bonds. The molecule has 0 radical (unpaired) electrons. The lowest BCUT2D eigenvalue weighted by Crippen LogP contribution is -2.28. The lowest BCUT2D eigenvalue weighted by molar-refractivity contribution is 0.530. The summed E-state index contributed by atoms with van der Waals surface area (Å²) in [4.78, 5) is 35.4. The SMILES string of the molecule is C=CCn1c(=O)nc(N)c2c(=O)[nH]c(NCCCCCCCCCCCCCCCCCC)nc21. The number of fused-ring (bicyclic) bond motifs is 1. The molecule has 8 heteroatoms. The Morgan fingerprint density at radius 2 is 1.37 bits per heavy atom. The van der Waals surface area contributed by atoms with Crippen LogP contribution in [0.15, 0.2) is 22.2 Å². The van der Waals surface area contributed by atoms with Gasteiger partial charge in [0.15, 0.2) is 5.65 Å². The Balaban J connectivity index is 1.57. The molecule has 2 heterocycles. The second-order valence-corrected chi connectivity index (χ2v) is 9.52. The number of nitrogens with two attached hydrogens (primary N) is 1. The minimum atomic E-state index is -0.545. The molecule has 0 fully saturated rings. The quantitative estimate of drug-likeness (QED) is 0.158. The lowest BCUT2D eigenvalue weighted by Gasteiger charge is -2.10. The van der Waals surface area contributed by atoms with Crippen molar-refractivity contribution in [3.8, 4) is 0 Å². The number of H-pyrrole nitrogens is 1. The molecule has 35 heavy (non-hydrogen) atoms. The molecule has 0 saturated carbocycles. The van der Waals surface area contributed by atoms with Gasteiger partial charge in [-0.15, -0.1) is 6.58 Å². The standard InChI is InChI=1S/C27H46N6O2/c1-3-5-6-7-8-9-10-11-12-13-14-15-16-17-18-19-20-29-26-31-24-22(25(34)32-26)23(28)30-27(35)33(24)21-4-2/h4H,2-3,5-21H2,1H3,(H2,28,30,35)(H2,29,31,32,34). The van der Waals surface area contributed by atoms with Gasteiger partial charge in [-0.1, -0.05) is 109 Å². The van der Waals surface area contributed by atoms with Crippen LogP contribution in [0.2, 0.25) is 0 Å². The zero-order valence-electron chi connectivity index (χ0n) is 21.7. The molecule has 0 aliphatic heterocycles. The first-order valence-corrected chi connectivity index (χ1v) is 13.7. The fourth-order valence-electron chi connectivity index (χ4n) is 4.45. The van der Waals surface area contributed by atoms with E-state index >= 15 is 0 Å². The molecule has 8 nitrogen and oxygen atoms in total. The van der Waals surface area contributed by atoms with Gasteiger partial charge < -0.3 is 11.1 Å². The van der Waals surface area contributed by atoms with Crippen LogP contribution in [-0.4, -0.2) is 26.1 Å². The summed E-state index contributed by atoms with van der Waals surface area (Å²) >= 11 is 0. The summed E-state index contributed by atoms with van der Waals surface area (Å²) < 4.78 is 1.30. The van der Waals surface area contributed by atoms with Crippen LogP contribution in [-0.2, 0) is 6.54 Å². The topological polar surface area (TPSA) is 119 Å². The number of unbranched alkanes of at least 4 members (excludes halogenated alkanes) is 15. The number of anilines is 2. The molecule has 2 rings (SSSR count). The summed E-state index contributed by atoms with van der Waals surface area (Å²) in [5, 5.41) is 3.29. The Labute approximate surface area is 209 Å². The number of hydrogen-bond acceptors (Lipinski definition) is 6. The monoisotopic (exact) mass is 486 g/mol. The molecule has 0 saturated heterocycles. The number of hydrogen-bond donors (Lipinski definition) is 3. The minimum absolute atomic E-state index is 0.108. The first-order valence-electron chi connectivity index (χ1n) is 13.7. The summed E-state index contributed by atoms with van der Waals surface area (Å²) in [5.74, 6) is 0.231. The Kier molecular flexibility index (Phi) is 13.8. The molecule has 0 aromatic carbocycles. The van der Waals surface area contributed by atoms with Gasteiger partial charge in [0.1, 0.15) is 11.2 Å². The van der Waals surface area contributed by atoms with Gasteiger partial charge in [-0.05, 0) is 6.42 Å². The fourth-order valence-corrected chi connectivity index (χ4v) is 4.45. The third kappa shape index (κ3) is 10.2. The van der Waals surface area contributed by atoms with E-state index in [1.807, 2.05) is 0 Å². The maximum atomic E-state index is 12.5. The number of allylic oxidation sites excluding steroid dienone is 1. The molecule has 4 N–H and O–H groups in total. The number of aromatic amines is 1. The third-order valence-corrected chi connectivity index (χ3v) is 6.49. The van der Waals surface area contributed by atoms with Crippen molar-refractivity contribution in [1.29, 1.82) is 0 Å². The maximum Gasteiger partial charge on any atom is 0.351 e. The molecule has 2 aromatic rings. The van der Waals surface area contributed by atoms with Crippen LogP contribution in [0.25, 0.3) is 11.0 Å². The molecule has 0 unspecified atom stereocenters. The average molecular weight is 487 g/mol. The zero-order chi connectivity index (χ0) is 25.3. The van der Waals surface area contributed by atoms with Crippen LogP contribution < -0.4 is 22.3 Å². The van der Waals surface area contributed by atoms with Crippen molar-refractivity contribution >= 4 is 22.8 Å². The van der Waals surface area contributed by atoms with Crippen molar-refractivity contribution < 1.29 is 0 Å². The summed E-state index contributed by atoms with van der Waals surface area (Å²) in [6, 6.07) is 0. The number of nitrogens with one attached hydrogen (secondary N) is 2. The van der Waals surface area contributed by atoms with Gasteiger partial charge in [0.05, 0.1) is 0 Å². The molecule has 0 aliphatic carbocycles. The summed E-state index contributed by atoms with van der Waals surface area (Å²) in [7, 11) is 0. The van der Waals surface area contributed by atoms with E-state index in [1.54, 1.807) is 6.08 Å². The molecule has 0 spiro atoms. The Bertz CT molecular complexity index is 998. The number of aromatic nitrogens is 4. The van der Waals surface area contributed by atoms with Crippen molar-refractivity contribution in [2.75, 3.05) is 17.6 Å². The van der Waals surface area contributed by atoms with Gasteiger partial charge in [0.25, 0.3) is 5.56 Å². The van der Waals surface area contributed by atoms with E-state index in [9.17, 15) is 9.59 Å². The molecular weight excluding hydrogens is 440 g/mol. The fraction of sp³-hybridized carbons (Fsp3) is 0.704. The average Bonchev–Trinajstić information content (AvgIpc) is 2.83. The molecule has 0 aliphatic rings. The lowest BCUT2D eigenvalue weighted by atomic mass is 10.0. The van der Waals surface area contributed by atoms with E-state index in [-0.39, 0.29) is 23.4 Å². The number of nitrogens with zero attached hydrogens (tertiary/aromatic N) is 3. The van der Waals surface area contributed by atoms with Gasteiger partial charge >= 0.3 is 5.69 Å². The van der Waals surface area contributed by atoms with Gasteiger partial charge in [-0.3, -0.25) is 14.3 Å².